The van der Waals surface area contributed by atoms with Crippen LogP contribution in [0.1, 0.15) is 33.6 Å². The molecule has 0 heterocycles. The van der Waals surface area contributed by atoms with Crippen molar-refractivity contribution < 1.29 is 10.2 Å². The van der Waals surface area contributed by atoms with Gasteiger partial charge >= 0.3 is 0 Å². The molecule has 0 aliphatic heterocycles. The first kappa shape index (κ1) is 12.9. The molecule has 0 saturated carbocycles. The van der Waals surface area contributed by atoms with Gasteiger partial charge in [0.15, 0.2) is 0 Å². The Kier molecular flexibility index (Phi) is 6.29. The van der Waals surface area contributed by atoms with Crippen molar-refractivity contribution >= 4 is 0 Å². The number of hydrogen-bond acceptors (Lipinski definition) is 3. The van der Waals surface area contributed by atoms with Crippen molar-refractivity contribution in [2.75, 3.05) is 19.7 Å². The number of hydrogen-bond donors (Lipinski definition) is 3. The topological polar surface area (TPSA) is 52.5 Å². The molecule has 0 bridgehead atoms. The van der Waals surface area contributed by atoms with Crippen LogP contribution in [0.2, 0.25) is 0 Å². The number of nitrogens with one attached hydrogen (secondary N) is 1. The molecule has 0 spiro atoms. The van der Waals surface area contributed by atoms with Gasteiger partial charge in [0.25, 0.3) is 0 Å². The Morgan fingerprint density at radius 2 is 2.00 bits per heavy atom. The molecule has 0 saturated heterocycles. The minimum absolute atomic E-state index is 0.0584. The molecule has 0 aliphatic rings. The average Bonchev–Trinajstić information content (AvgIpc) is 2.12. The van der Waals surface area contributed by atoms with Gasteiger partial charge in [0.05, 0.1) is 6.10 Å². The fraction of sp³-hybridized carbons (Fsp3) is 1.00. The molecule has 1 atom stereocenters. The van der Waals surface area contributed by atoms with Gasteiger partial charge in [-0.3, -0.25) is 0 Å². The maximum absolute atomic E-state index is 9.26. The van der Waals surface area contributed by atoms with Gasteiger partial charge in [0.2, 0.25) is 0 Å². The van der Waals surface area contributed by atoms with Crippen LogP contribution >= 0.6 is 0 Å². The van der Waals surface area contributed by atoms with Crippen molar-refractivity contribution in [3.05, 3.63) is 0 Å². The minimum atomic E-state index is -0.190. The minimum Gasteiger partial charge on any atom is -0.396 e. The largest absolute Gasteiger partial charge is 0.396 e. The van der Waals surface area contributed by atoms with Crippen LogP contribution in [0.4, 0.5) is 0 Å². The Labute approximate surface area is 81.2 Å². The first-order chi connectivity index (χ1) is 6.02. The molecule has 0 rings (SSSR count). The lowest BCUT2D eigenvalue weighted by atomic mass is 9.95. The van der Waals surface area contributed by atoms with Gasteiger partial charge in [-0.05, 0) is 19.4 Å². The predicted molar refractivity (Wildman–Crippen MR) is 54.7 cm³/mol. The van der Waals surface area contributed by atoms with E-state index in [0.29, 0.717) is 0 Å². The number of aliphatic hydroxyl groups is 2. The van der Waals surface area contributed by atoms with E-state index in [9.17, 15) is 5.11 Å². The highest BCUT2D eigenvalue weighted by Crippen LogP contribution is 2.11. The second-order valence-electron chi connectivity index (χ2n) is 4.35. The zero-order valence-corrected chi connectivity index (χ0v) is 9.01. The molecule has 3 N–H and O–H groups in total. The predicted octanol–water partition coefficient (Wildman–Crippen LogP) is 0.756. The third kappa shape index (κ3) is 6.99. The van der Waals surface area contributed by atoms with Crippen molar-refractivity contribution in [1.29, 1.82) is 0 Å². The molecule has 0 aromatic heterocycles. The summed E-state index contributed by atoms with van der Waals surface area (Å²) < 4.78 is 0. The Morgan fingerprint density at radius 3 is 2.46 bits per heavy atom. The summed E-state index contributed by atoms with van der Waals surface area (Å²) in [6.45, 7) is 7.80. The summed E-state index contributed by atoms with van der Waals surface area (Å²) in [6, 6.07) is 0. The van der Waals surface area contributed by atoms with Gasteiger partial charge in [0, 0.05) is 18.6 Å². The third-order valence-electron chi connectivity index (χ3n) is 2.16. The molecular weight excluding hydrogens is 166 g/mol. The molecule has 1 unspecified atom stereocenters. The molecular formula is C10H23NO2. The Balaban J connectivity index is 3.35. The fourth-order valence-electron chi connectivity index (χ4n) is 0.955. The molecule has 80 valence electrons. The highest BCUT2D eigenvalue weighted by molar-refractivity contribution is 4.70. The first-order valence-electron chi connectivity index (χ1n) is 5.01. The number of aliphatic hydroxyl groups excluding tert-OH is 2. The summed E-state index contributed by atoms with van der Waals surface area (Å²) >= 11 is 0. The van der Waals surface area contributed by atoms with E-state index in [1.165, 1.54) is 0 Å². The van der Waals surface area contributed by atoms with E-state index in [0.717, 1.165) is 25.9 Å². The van der Waals surface area contributed by atoms with Crippen molar-refractivity contribution in [1.82, 2.24) is 5.32 Å². The summed E-state index contributed by atoms with van der Waals surface area (Å²) in [7, 11) is 0. The summed E-state index contributed by atoms with van der Waals surface area (Å²) in [5.41, 5.74) is -0.0584. The molecule has 3 heteroatoms. The highest BCUT2D eigenvalue weighted by Gasteiger charge is 2.15. The zero-order valence-electron chi connectivity index (χ0n) is 9.01. The number of rotatable bonds is 7. The van der Waals surface area contributed by atoms with Crippen molar-refractivity contribution in [2.24, 2.45) is 5.41 Å². The van der Waals surface area contributed by atoms with Crippen LogP contribution in [0, 0.1) is 5.41 Å². The second-order valence-corrected chi connectivity index (χ2v) is 4.35. The molecule has 0 amide bonds. The van der Waals surface area contributed by atoms with E-state index in [1.807, 2.05) is 20.8 Å². The molecule has 3 nitrogen and oxygen atoms in total. The lowest BCUT2D eigenvalue weighted by Gasteiger charge is -2.22. The van der Waals surface area contributed by atoms with Crippen LogP contribution in [0.25, 0.3) is 0 Å². The summed E-state index contributed by atoms with van der Waals surface area (Å²) in [5.74, 6) is 0. The van der Waals surface area contributed by atoms with E-state index in [2.05, 4.69) is 5.32 Å². The molecule has 0 fully saturated rings. The molecule has 0 radical (unpaired) electrons. The fourth-order valence-corrected chi connectivity index (χ4v) is 0.955. The van der Waals surface area contributed by atoms with E-state index in [-0.39, 0.29) is 18.1 Å². The molecule has 13 heavy (non-hydrogen) atoms. The maximum atomic E-state index is 9.26. The SMILES string of the molecule is CCC(O)CCNCC(C)(C)CO. The van der Waals surface area contributed by atoms with Crippen molar-refractivity contribution in [3.8, 4) is 0 Å². The standard InChI is InChI=1S/C10H23NO2/c1-4-9(13)5-6-11-7-10(2,3)8-12/h9,11-13H,4-8H2,1-3H3. The second kappa shape index (κ2) is 6.35. The van der Waals surface area contributed by atoms with E-state index < -0.39 is 0 Å². The van der Waals surface area contributed by atoms with Gasteiger partial charge in [0.1, 0.15) is 0 Å². The van der Waals surface area contributed by atoms with E-state index in [4.69, 9.17) is 5.11 Å². The first-order valence-corrected chi connectivity index (χ1v) is 5.01. The third-order valence-corrected chi connectivity index (χ3v) is 2.16. The van der Waals surface area contributed by atoms with E-state index in [1.54, 1.807) is 0 Å². The molecule has 0 aliphatic carbocycles. The Hall–Kier alpha value is -0.120. The molecule has 0 aromatic carbocycles. The van der Waals surface area contributed by atoms with Crippen LogP contribution in [-0.2, 0) is 0 Å². The monoisotopic (exact) mass is 189 g/mol. The summed E-state index contributed by atoms with van der Waals surface area (Å²) in [4.78, 5) is 0. The normalized spacial score (nSPS) is 14.5. The van der Waals surface area contributed by atoms with Crippen LogP contribution in [0.15, 0.2) is 0 Å². The Bertz CT molecular complexity index is 126. The van der Waals surface area contributed by atoms with Crippen LogP contribution in [-0.4, -0.2) is 36.0 Å². The van der Waals surface area contributed by atoms with Crippen molar-refractivity contribution in [2.45, 2.75) is 39.7 Å². The van der Waals surface area contributed by atoms with Crippen molar-refractivity contribution in [3.63, 3.8) is 0 Å². The zero-order chi connectivity index (χ0) is 10.3. The average molecular weight is 189 g/mol. The summed E-state index contributed by atoms with van der Waals surface area (Å²) in [5, 5.41) is 21.4. The quantitative estimate of drug-likeness (QED) is 0.518. The maximum Gasteiger partial charge on any atom is 0.0549 e. The lowest BCUT2D eigenvalue weighted by molar-refractivity contribution is 0.144. The molecule has 0 aromatic rings. The summed E-state index contributed by atoms with van der Waals surface area (Å²) in [6.07, 6.45) is 1.41. The smallest absolute Gasteiger partial charge is 0.0549 e. The van der Waals surface area contributed by atoms with Gasteiger partial charge in [-0.15, -0.1) is 0 Å². The Morgan fingerprint density at radius 1 is 1.38 bits per heavy atom. The van der Waals surface area contributed by atoms with Crippen LogP contribution < -0.4 is 5.32 Å². The highest BCUT2D eigenvalue weighted by atomic mass is 16.3. The van der Waals surface area contributed by atoms with Gasteiger partial charge in [-0.25, -0.2) is 0 Å². The van der Waals surface area contributed by atoms with E-state index >= 15 is 0 Å². The van der Waals surface area contributed by atoms with Crippen LogP contribution in [0.3, 0.4) is 0 Å². The van der Waals surface area contributed by atoms with Gasteiger partial charge < -0.3 is 15.5 Å². The van der Waals surface area contributed by atoms with Gasteiger partial charge in [-0.1, -0.05) is 20.8 Å². The lowest BCUT2D eigenvalue weighted by Crippen LogP contribution is -2.33. The van der Waals surface area contributed by atoms with Gasteiger partial charge in [-0.2, -0.15) is 0 Å². The van der Waals surface area contributed by atoms with Crippen LogP contribution in [0.5, 0.6) is 0 Å².